The van der Waals surface area contributed by atoms with Crippen LogP contribution >= 0.6 is 11.3 Å². The zero-order chi connectivity index (χ0) is 18.6. The van der Waals surface area contributed by atoms with E-state index in [1.54, 1.807) is 25.2 Å². The molecule has 2 N–H and O–H groups in total. The van der Waals surface area contributed by atoms with Crippen LogP contribution in [0.5, 0.6) is 0 Å². The van der Waals surface area contributed by atoms with E-state index in [0.717, 1.165) is 47.9 Å². The SMILES string of the molecule is CC(C)S(=O)(=O)NC1CCC(CNc2nnc(-c3ccccc3)s2)CC1. The first-order valence-corrected chi connectivity index (χ1v) is 11.4. The van der Waals surface area contributed by atoms with Crippen molar-refractivity contribution < 1.29 is 8.42 Å². The number of benzene rings is 1. The van der Waals surface area contributed by atoms with Gasteiger partial charge in [-0.3, -0.25) is 0 Å². The van der Waals surface area contributed by atoms with Gasteiger partial charge in [-0.1, -0.05) is 41.7 Å². The van der Waals surface area contributed by atoms with E-state index in [-0.39, 0.29) is 11.3 Å². The summed E-state index contributed by atoms with van der Waals surface area (Å²) in [5.74, 6) is 0.541. The monoisotopic (exact) mass is 394 g/mol. The first-order valence-electron chi connectivity index (χ1n) is 9.08. The van der Waals surface area contributed by atoms with Crippen molar-refractivity contribution in [3.8, 4) is 10.6 Å². The summed E-state index contributed by atoms with van der Waals surface area (Å²) in [7, 11) is -3.18. The topological polar surface area (TPSA) is 84.0 Å². The van der Waals surface area contributed by atoms with E-state index in [0.29, 0.717) is 5.92 Å². The average Bonchev–Trinajstić information content (AvgIpc) is 3.10. The van der Waals surface area contributed by atoms with Crippen LogP contribution in [0, 0.1) is 5.92 Å². The molecule has 0 aliphatic heterocycles. The third kappa shape index (κ3) is 5.02. The van der Waals surface area contributed by atoms with Crippen LogP contribution in [0.1, 0.15) is 39.5 Å². The summed E-state index contributed by atoms with van der Waals surface area (Å²) < 4.78 is 26.8. The van der Waals surface area contributed by atoms with Crippen LogP contribution in [0.2, 0.25) is 0 Å². The van der Waals surface area contributed by atoms with Gasteiger partial charge in [0.15, 0.2) is 0 Å². The Kier molecular flexibility index (Phi) is 6.26. The predicted octanol–water partition coefficient (Wildman–Crippen LogP) is 3.50. The fourth-order valence-corrected chi connectivity index (χ4v) is 4.80. The Morgan fingerprint density at radius 2 is 1.81 bits per heavy atom. The number of sulfonamides is 1. The van der Waals surface area contributed by atoms with Crippen molar-refractivity contribution in [2.45, 2.75) is 50.8 Å². The molecule has 1 saturated carbocycles. The van der Waals surface area contributed by atoms with E-state index in [9.17, 15) is 8.42 Å². The van der Waals surface area contributed by atoms with Crippen LogP contribution in [0.4, 0.5) is 5.13 Å². The lowest BCUT2D eigenvalue weighted by molar-refractivity contribution is 0.323. The van der Waals surface area contributed by atoms with Crippen molar-refractivity contribution in [3.05, 3.63) is 30.3 Å². The van der Waals surface area contributed by atoms with Gasteiger partial charge in [0.25, 0.3) is 0 Å². The van der Waals surface area contributed by atoms with Crippen molar-refractivity contribution >= 4 is 26.5 Å². The van der Waals surface area contributed by atoms with Crippen LogP contribution in [0.15, 0.2) is 30.3 Å². The number of hydrogen-bond acceptors (Lipinski definition) is 6. The van der Waals surface area contributed by atoms with E-state index in [1.165, 1.54) is 0 Å². The van der Waals surface area contributed by atoms with Gasteiger partial charge in [0, 0.05) is 18.2 Å². The molecule has 0 atom stereocenters. The van der Waals surface area contributed by atoms with E-state index in [4.69, 9.17) is 0 Å². The number of nitrogens with one attached hydrogen (secondary N) is 2. The Bertz CT molecular complexity index is 798. The molecule has 1 aliphatic carbocycles. The lowest BCUT2D eigenvalue weighted by atomic mass is 9.86. The maximum absolute atomic E-state index is 12.0. The summed E-state index contributed by atoms with van der Waals surface area (Å²) in [6, 6.07) is 10.1. The molecule has 6 nitrogen and oxygen atoms in total. The molecule has 0 spiro atoms. The number of aromatic nitrogens is 2. The second-order valence-corrected chi connectivity index (χ2v) is 10.3. The van der Waals surface area contributed by atoms with Crippen LogP contribution in [0.25, 0.3) is 10.6 Å². The Morgan fingerprint density at radius 1 is 1.12 bits per heavy atom. The molecule has 0 amide bonds. The number of nitrogens with zero attached hydrogens (tertiary/aromatic N) is 2. The Hall–Kier alpha value is -1.51. The fraction of sp³-hybridized carbons (Fsp3) is 0.556. The van der Waals surface area contributed by atoms with Gasteiger partial charge < -0.3 is 5.32 Å². The minimum absolute atomic E-state index is 0.0739. The minimum atomic E-state index is -3.18. The van der Waals surface area contributed by atoms with E-state index in [1.807, 2.05) is 30.3 Å². The Morgan fingerprint density at radius 3 is 2.46 bits per heavy atom. The highest BCUT2D eigenvalue weighted by molar-refractivity contribution is 7.90. The van der Waals surface area contributed by atoms with Crippen LogP contribution in [-0.2, 0) is 10.0 Å². The molecule has 1 aromatic carbocycles. The fourth-order valence-electron chi connectivity index (χ4n) is 3.08. The second-order valence-electron chi connectivity index (χ2n) is 7.09. The molecule has 0 saturated heterocycles. The molecule has 0 bridgehead atoms. The van der Waals surface area contributed by atoms with E-state index >= 15 is 0 Å². The van der Waals surface area contributed by atoms with Gasteiger partial charge in [-0.2, -0.15) is 0 Å². The van der Waals surface area contributed by atoms with Gasteiger partial charge >= 0.3 is 0 Å². The van der Waals surface area contributed by atoms with Crippen molar-refractivity contribution in [3.63, 3.8) is 0 Å². The smallest absolute Gasteiger partial charge is 0.214 e. The average molecular weight is 395 g/mol. The molecule has 1 aliphatic rings. The van der Waals surface area contributed by atoms with Crippen molar-refractivity contribution in [2.75, 3.05) is 11.9 Å². The molecule has 3 rings (SSSR count). The van der Waals surface area contributed by atoms with Gasteiger partial charge in [-0.05, 0) is 45.4 Å². The maximum atomic E-state index is 12.0. The largest absolute Gasteiger partial charge is 0.360 e. The van der Waals surface area contributed by atoms with Crippen molar-refractivity contribution in [1.82, 2.24) is 14.9 Å². The zero-order valence-corrected chi connectivity index (χ0v) is 16.8. The summed E-state index contributed by atoms with van der Waals surface area (Å²) in [6.07, 6.45) is 3.82. The predicted molar refractivity (Wildman–Crippen MR) is 107 cm³/mol. The molecule has 0 unspecified atom stereocenters. The van der Waals surface area contributed by atoms with Gasteiger partial charge in [0.2, 0.25) is 15.2 Å². The molecule has 1 heterocycles. The van der Waals surface area contributed by atoms with Crippen LogP contribution in [-0.4, -0.2) is 36.5 Å². The quantitative estimate of drug-likeness (QED) is 0.751. The van der Waals surface area contributed by atoms with Gasteiger partial charge in [-0.25, -0.2) is 13.1 Å². The van der Waals surface area contributed by atoms with Gasteiger partial charge in [-0.15, -0.1) is 10.2 Å². The minimum Gasteiger partial charge on any atom is -0.360 e. The van der Waals surface area contributed by atoms with E-state index < -0.39 is 10.0 Å². The molecule has 1 aromatic heterocycles. The highest BCUT2D eigenvalue weighted by Crippen LogP contribution is 2.28. The van der Waals surface area contributed by atoms with Crippen LogP contribution < -0.4 is 10.0 Å². The van der Waals surface area contributed by atoms with Crippen LogP contribution in [0.3, 0.4) is 0 Å². The standard InChI is InChI=1S/C18H26N4O2S2/c1-13(2)26(23,24)22-16-10-8-14(9-11-16)12-19-18-21-20-17(25-18)15-6-4-3-5-7-15/h3-7,13-14,16,22H,8-12H2,1-2H3,(H,19,21). The van der Waals surface area contributed by atoms with Gasteiger partial charge in [0.1, 0.15) is 5.01 Å². The Labute approximate surface area is 159 Å². The van der Waals surface area contributed by atoms with E-state index in [2.05, 4.69) is 20.2 Å². The lowest BCUT2D eigenvalue weighted by Gasteiger charge is -2.29. The summed E-state index contributed by atoms with van der Waals surface area (Å²) >= 11 is 1.56. The summed E-state index contributed by atoms with van der Waals surface area (Å²) in [5, 5.41) is 13.2. The summed E-state index contributed by atoms with van der Waals surface area (Å²) in [6.45, 7) is 4.28. The highest BCUT2D eigenvalue weighted by Gasteiger charge is 2.26. The molecule has 2 aromatic rings. The molecule has 8 heteroatoms. The van der Waals surface area contributed by atoms with Crippen molar-refractivity contribution in [1.29, 1.82) is 0 Å². The number of rotatable bonds is 7. The molecular weight excluding hydrogens is 368 g/mol. The maximum Gasteiger partial charge on any atom is 0.214 e. The zero-order valence-electron chi connectivity index (χ0n) is 15.2. The van der Waals surface area contributed by atoms with Crippen molar-refractivity contribution in [2.24, 2.45) is 5.92 Å². The first-order chi connectivity index (χ1) is 12.4. The molecule has 26 heavy (non-hydrogen) atoms. The molecular formula is C18H26N4O2S2. The highest BCUT2D eigenvalue weighted by atomic mass is 32.2. The number of anilines is 1. The third-order valence-electron chi connectivity index (χ3n) is 4.79. The normalized spacial score (nSPS) is 21.0. The summed E-state index contributed by atoms with van der Waals surface area (Å²) in [4.78, 5) is 0. The summed E-state index contributed by atoms with van der Waals surface area (Å²) in [5.41, 5.74) is 1.08. The Balaban J connectivity index is 1.45. The third-order valence-corrected chi connectivity index (χ3v) is 7.62. The molecule has 1 fully saturated rings. The number of hydrogen-bond donors (Lipinski definition) is 2. The van der Waals surface area contributed by atoms with Gasteiger partial charge in [0.05, 0.1) is 5.25 Å². The first kappa shape index (κ1) is 19.3. The molecule has 0 radical (unpaired) electrons. The second kappa shape index (κ2) is 8.45. The molecule has 142 valence electrons. The lowest BCUT2D eigenvalue weighted by Crippen LogP contribution is -2.41.